The van der Waals surface area contributed by atoms with E-state index in [1.165, 1.54) is 0 Å². The summed E-state index contributed by atoms with van der Waals surface area (Å²) in [7, 11) is 0. The van der Waals surface area contributed by atoms with Gasteiger partial charge >= 0.3 is 0 Å². The summed E-state index contributed by atoms with van der Waals surface area (Å²) in [5.41, 5.74) is 0.732. The number of halogens is 3. The van der Waals surface area contributed by atoms with Crippen LogP contribution in [0.5, 0.6) is 0 Å². The van der Waals surface area contributed by atoms with Gasteiger partial charge in [-0.2, -0.15) is 0 Å². The lowest BCUT2D eigenvalue weighted by Gasteiger charge is -2.07. The Kier molecular flexibility index (Phi) is 4.08. The molecule has 0 saturated carbocycles. The highest BCUT2D eigenvalue weighted by molar-refractivity contribution is 9.10. The van der Waals surface area contributed by atoms with Crippen molar-refractivity contribution in [2.75, 3.05) is 0 Å². The molecule has 0 heterocycles. The number of alkyl halides is 2. The van der Waals surface area contributed by atoms with Crippen LogP contribution in [-0.4, -0.2) is 11.2 Å². The second kappa shape index (κ2) is 4.89. The molecule has 1 aromatic carbocycles. The quantitative estimate of drug-likeness (QED) is 0.609. The fourth-order valence-corrected chi connectivity index (χ4v) is 1.59. The lowest BCUT2D eigenvalue weighted by Crippen LogP contribution is -2.12. The second-order valence-electron chi connectivity index (χ2n) is 2.92. The Hall–Kier alpha value is -0.410. The minimum absolute atomic E-state index is 0.249. The van der Waals surface area contributed by atoms with Gasteiger partial charge in [-0.3, -0.25) is 4.79 Å². The van der Waals surface area contributed by atoms with Gasteiger partial charge in [-0.1, -0.05) is 22.0 Å². The first kappa shape index (κ1) is 11.7. The van der Waals surface area contributed by atoms with Gasteiger partial charge in [-0.25, -0.2) is 4.39 Å². The third kappa shape index (κ3) is 2.55. The van der Waals surface area contributed by atoms with Crippen molar-refractivity contribution in [3.8, 4) is 0 Å². The van der Waals surface area contributed by atoms with Crippen LogP contribution in [-0.2, 0) is 6.67 Å². The molecule has 14 heavy (non-hydrogen) atoms. The average Bonchev–Trinajstić information content (AvgIpc) is 2.16. The minimum Gasteiger partial charge on any atom is -0.293 e. The molecule has 0 aliphatic carbocycles. The van der Waals surface area contributed by atoms with Crippen molar-refractivity contribution in [2.45, 2.75) is 19.0 Å². The molecule has 1 atom stereocenters. The van der Waals surface area contributed by atoms with Gasteiger partial charge in [0.1, 0.15) is 6.67 Å². The maximum atomic E-state index is 12.5. The third-order valence-corrected chi connectivity index (χ3v) is 2.53. The smallest absolute Gasteiger partial charge is 0.180 e. The maximum absolute atomic E-state index is 12.5. The Balaban J connectivity index is 3.17. The number of ketones is 1. The highest BCUT2D eigenvalue weighted by Gasteiger charge is 2.16. The van der Waals surface area contributed by atoms with Gasteiger partial charge in [0.15, 0.2) is 5.78 Å². The molecule has 0 N–H and O–H groups in total. The molecule has 76 valence electrons. The largest absolute Gasteiger partial charge is 0.293 e. The van der Waals surface area contributed by atoms with Crippen molar-refractivity contribution in [3.63, 3.8) is 0 Å². The Labute approximate surface area is 95.4 Å². The summed E-state index contributed by atoms with van der Waals surface area (Å²) in [6, 6.07) is 4.87. The first-order chi connectivity index (χ1) is 6.56. The van der Waals surface area contributed by atoms with Crippen LogP contribution in [0.4, 0.5) is 4.39 Å². The van der Waals surface area contributed by atoms with Crippen LogP contribution in [0.15, 0.2) is 22.7 Å². The van der Waals surface area contributed by atoms with Crippen LogP contribution in [0.3, 0.4) is 0 Å². The molecule has 0 aliphatic rings. The van der Waals surface area contributed by atoms with Gasteiger partial charge in [0, 0.05) is 10.0 Å². The summed E-state index contributed by atoms with van der Waals surface area (Å²) in [5.74, 6) is -0.249. The zero-order chi connectivity index (χ0) is 10.7. The van der Waals surface area contributed by atoms with E-state index in [1.54, 1.807) is 25.1 Å². The molecule has 0 spiro atoms. The van der Waals surface area contributed by atoms with E-state index in [0.29, 0.717) is 11.1 Å². The zero-order valence-electron chi connectivity index (χ0n) is 7.56. The van der Waals surface area contributed by atoms with Gasteiger partial charge in [-0.15, -0.1) is 11.6 Å². The predicted molar refractivity (Wildman–Crippen MR) is 58.6 cm³/mol. The predicted octanol–water partition coefficient (Wildman–Crippen LogP) is 3.73. The van der Waals surface area contributed by atoms with Crippen molar-refractivity contribution >= 4 is 33.3 Å². The highest BCUT2D eigenvalue weighted by atomic mass is 79.9. The summed E-state index contributed by atoms with van der Waals surface area (Å²) < 4.78 is 13.3. The monoisotopic (exact) mass is 278 g/mol. The summed E-state index contributed by atoms with van der Waals surface area (Å²) in [5, 5.41) is -0.630. The molecule has 0 saturated heterocycles. The molecular weight excluding hydrogens is 270 g/mol. The van der Waals surface area contributed by atoms with Crippen molar-refractivity contribution in [3.05, 3.63) is 33.8 Å². The highest BCUT2D eigenvalue weighted by Crippen LogP contribution is 2.20. The molecule has 1 nitrogen and oxygen atoms in total. The molecule has 0 bridgehead atoms. The van der Waals surface area contributed by atoms with E-state index >= 15 is 0 Å². The average molecular weight is 280 g/mol. The van der Waals surface area contributed by atoms with E-state index < -0.39 is 12.1 Å². The number of hydrogen-bond acceptors (Lipinski definition) is 1. The van der Waals surface area contributed by atoms with E-state index in [-0.39, 0.29) is 5.78 Å². The first-order valence-electron chi connectivity index (χ1n) is 4.09. The summed E-state index contributed by atoms with van der Waals surface area (Å²) in [6.07, 6.45) is 0. The van der Waals surface area contributed by atoms with Crippen LogP contribution in [0.1, 0.15) is 22.8 Å². The number of Topliss-reactive ketones (excluding diaryl/α,β-unsaturated/α-hetero) is 1. The Morgan fingerprint density at radius 3 is 2.79 bits per heavy atom. The van der Waals surface area contributed by atoms with Gasteiger partial charge < -0.3 is 0 Å². The number of carbonyl (C=O) groups is 1. The van der Waals surface area contributed by atoms with Gasteiger partial charge in [0.05, 0.1) is 5.38 Å². The molecular formula is C10H9BrClFO. The molecule has 0 fully saturated rings. The molecule has 0 aliphatic heterocycles. The van der Waals surface area contributed by atoms with E-state index in [9.17, 15) is 9.18 Å². The maximum Gasteiger partial charge on any atom is 0.180 e. The molecule has 1 unspecified atom stereocenters. The number of rotatable bonds is 3. The minimum atomic E-state index is -0.655. The van der Waals surface area contributed by atoms with Crippen molar-refractivity contribution in [1.82, 2.24) is 0 Å². The Morgan fingerprint density at radius 2 is 2.29 bits per heavy atom. The fraction of sp³-hybridized carbons (Fsp3) is 0.300. The van der Waals surface area contributed by atoms with Crippen LogP contribution >= 0.6 is 27.5 Å². The van der Waals surface area contributed by atoms with Crippen molar-refractivity contribution in [2.24, 2.45) is 0 Å². The molecule has 4 heteroatoms. The molecule has 0 amide bonds. The van der Waals surface area contributed by atoms with Crippen LogP contribution in [0, 0.1) is 0 Å². The zero-order valence-corrected chi connectivity index (χ0v) is 9.90. The first-order valence-corrected chi connectivity index (χ1v) is 5.32. The molecule has 0 aromatic heterocycles. The summed E-state index contributed by atoms with van der Waals surface area (Å²) in [4.78, 5) is 11.6. The summed E-state index contributed by atoms with van der Waals surface area (Å²) in [6.45, 7) is 0.921. The van der Waals surface area contributed by atoms with Crippen molar-refractivity contribution in [1.29, 1.82) is 0 Å². The number of carbonyl (C=O) groups excluding carboxylic acids is 1. The van der Waals surface area contributed by atoms with E-state index in [2.05, 4.69) is 15.9 Å². The van der Waals surface area contributed by atoms with Crippen LogP contribution < -0.4 is 0 Å². The van der Waals surface area contributed by atoms with Gasteiger partial charge in [-0.05, 0) is 24.6 Å². The van der Waals surface area contributed by atoms with E-state index in [0.717, 1.165) is 4.47 Å². The normalized spacial score (nSPS) is 12.6. The van der Waals surface area contributed by atoms with Gasteiger partial charge in [0.2, 0.25) is 0 Å². The molecule has 0 radical (unpaired) electrons. The lowest BCUT2D eigenvalue weighted by molar-refractivity contribution is 0.0990. The number of benzene rings is 1. The topological polar surface area (TPSA) is 17.1 Å². The number of hydrogen-bond donors (Lipinski definition) is 0. The SMILES string of the molecule is CC(Cl)C(=O)c1cc(Br)ccc1CF. The van der Waals surface area contributed by atoms with Crippen LogP contribution in [0.2, 0.25) is 0 Å². The molecule has 1 rings (SSSR count). The summed E-state index contributed by atoms with van der Waals surface area (Å²) >= 11 is 8.88. The van der Waals surface area contributed by atoms with Gasteiger partial charge in [0.25, 0.3) is 0 Å². The van der Waals surface area contributed by atoms with Crippen molar-refractivity contribution < 1.29 is 9.18 Å². The lowest BCUT2D eigenvalue weighted by atomic mass is 10.0. The standard InChI is InChI=1S/C10H9BrClFO/c1-6(12)10(14)9-4-8(11)3-2-7(9)5-13/h2-4,6H,5H2,1H3. The Bertz CT molecular complexity index is 352. The molecule has 1 aromatic rings. The van der Waals surface area contributed by atoms with Crippen LogP contribution in [0.25, 0.3) is 0 Å². The second-order valence-corrected chi connectivity index (χ2v) is 4.49. The Morgan fingerprint density at radius 1 is 1.64 bits per heavy atom. The van der Waals surface area contributed by atoms with E-state index in [4.69, 9.17) is 11.6 Å². The van der Waals surface area contributed by atoms with E-state index in [1.807, 2.05) is 0 Å². The third-order valence-electron chi connectivity index (χ3n) is 1.84. The fourth-order valence-electron chi connectivity index (χ4n) is 1.11.